The van der Waals surface area contributed by atoms with E-state index in [0.29, 0.717) is 11.8 Å². The van der Waals surface area contributed by atoms with Gasteiger partial charge in [0.05, 0.1) is 6.04 Å². The van der Waals surface area contributed by atoms with Crippen LogP contribution < -0.4 is 10.6 Å². The minimum absolute atomic E-state index is 0.00982. The van der Waals surface area contributed by atoms with Gasteiger partial charge in [0.2, 0.25) is 5.91 Å². The number of nitrogens with one attached hydrogen (secondary N) is 2. The van der Waals surface area contributed by atoms with E-state index < -0.39 is 0 Å². The van der Waals surface area contributed by atoms with Crippen molar-refractivity contribution in [3.05, 3.63) is 0 Å². The lowest BCUT2D eigenvalue weighted by Crippen LogP contribution is -2.45. The zero-order valence-corrected chi connectivity index (χ0v) is 11.6. The van der Waals surface area contributed by atoms with Crippen LogP contribution in [0.25, 0.3) is 0 Å². The molecule has 0 saturated carbocycles. The third-order valence-corrected chi connectivity index (χ3v) is 3.42. The maximum Gasteiger partial charge on any atom is 0.237 e. The Labute approximate surface area is 105 Å². The van der Waals surface area contributed by atoms with Crippen molar-refractivity contribution in [2.45, 2.75) is 33.2 Å². The van der Waals surface area contributed by atoms with Crippen molar-refractivity contribution < 1.29 is 4.79 Å². The van der Waals surface area contributed by atoms with Crippen molar-refractivity contribution >= 4 is 5.91 Å². The Bertz CT molecular complexity index is 243. The van der Waals surface area contributed by atoms with Gasteiger partial charge < -0.3 is 10.6 Å². The maximum absolute atomic E-state index is 11.9. The summed E-state index contributed by atoms with van der Waals surface area (Å²) in [6.45, 7) is 10.2. The van der Waals surface area contributed by atoms with E-state index in [1.807, 2.05) is 14.0 Å². The second-order valence-corrected chi connectivity index (χ2v) is 5.52. The Morgan fingerprint density at radius 3 is 2.71 bits per heavy atom. The SMILES string of the molecule is CNCC1CCN(C(C)C(=O)NCC(C)C)C1. The number of amides is 1. The fourth-order valence-electron chi connectivity index (χ4n) is 2.29. The molecule has 1 fully saturated rings. The fourth-order valence-corrected chi connectivity index (χ4v) is 2.29. The Hall–Kier alpha value is -0.610. The summed E-state index contributed by atoms with van der Waals surface area (Å²) < 4.78 is 0. The largest absolute Gasteiger partial charge is 0.354 e. The Morgan fingerprint density at radius 1 is 1.41 bits per heavy atom. The van der Waals surface area contributed by atoms with E-state index in [9.17, 15) is 4.79 Å². The second kappa shape index (κ2) is 6.97. The molecule has 17 heavy (non-hydrogen) atoms. The zero-order valence-electron chi connectivity index (χ0n) is 11.6. The van der Waals surface area contributed by atoms with E-state index >= 15 is 0 Å². The summed E-state index contributed by atoms with van der Waals surface area (Å²) in [5, 5.41) is 6.22. The first-order valence-corrected chi connectivity index (χ1v) is 6.71. The van der Waals surface area contributed by atoms with Crippen LogP contribution in [-0.2, 0) is 4.79 Å². The summed E-state index contributed by atoms with van der Waals surface area (Å²) in [4.78, 5) is 14.2. The normalized spacial score (nSPS) is 23.0. The second-order valence-electron chi connectivity index (χ2n) is 5.52. The topological polar surface area (TPSA) is 44.4 Å². The predicted molar refractivity (Wildman–Crippen MR) is 70.9 cm³/mol. The van der Waals surface area contributed by atoms with Crippen molar-refractivity contribution in [3.63, 3.8) is 0 Å². The number of likely N-dealkylation sites (tertiary alicyclic amines) is 1. The number of nitrogens with zero attached hydrogens (tertiary/aromatic N) is 1. The standard InChI is InChI=1S/C13H27N3O/c1-10(2)7-15-13(17)11(3)16-6-5-12(9-16)8-14-4/h10-12,14H,5-9H2,1-4H3,(H,15,17). The highest BCUT2D eigenvalue weighted by molar-refractivity contribution is 5.81. The third-order valence-electron chi connectivity index (χ3n) is 3.42. The Balaban J connectivity index is 2.32. The average molecular weight is 241 g/mol. The minimum atomic E-state index is 0.00982. The van der Waals surface area contributed by atoms with Crippen molar-refractivity contribution in [1.29, 1.82) is 0 Å². The van der Waals surface area contributed by atoms with Crippen LogP contribution in [0, 0.1) is 11.8 Å². The molecule has 0 aromatic heterocycles. The number of rotatable bonds is 6. The van der Waals surface area contributed by atoms with E-state index in [1.165, 1.54) is 6.42 Å². The van der Waals surface area contributed by atoms with Crippen molar-refractivity contribution in [3.8, 4) is 0 Å². The van der Waals surface area contributed by atoms with Crippen molar-refractivity contribution in [2.24, 2.45) is 11.8 Å². The molecule has 0 aliphatic carbocycles. The van der Waals surface area contributed by atoms with Gasteiger partial charge in [-0.05, 0) is 45.3 Å². The van der Waals surface area contributed by atoms with E-state index in [2.05, 4.69) is 29.4 Å². The van der Waals surface area contributed by atoms with Crippen LogP contribution in [0.1, 0.15) is 27.2 Å². The number of hydrogen-bond donors (Lipinski definition) is 2. The third kappa shape index (κ3) is 4.64. The van der Waals surface area contributed by atoms with Gasteiger partial charge in [0.1, 0.15) is 0 Å². The molecule has 4 heteroatoms. The first kappa shape index (κ1) is 14.5. The molecule has 1 rings (SSSR count). The monoisotopic (exact) mass is 241 g/mol. The molecule has 0 radical (unpaired) electrons. The molecule has 2 atom stereocenters. The smallest absolute Gasteiger partial charge is 0.237 e. The summed E-state index contributed by atoms with van der Waals surface area (Å²) in [5.41, 5.74) is 0. The van der Waals surface area contributed by atoms with Gasteiger partial charge in [-0.25, -0.2) is 0 Å². The van der Waals surface area contributed by atoms with E-state index in [0.717, 1.165) is 26.2 Å². The van der Waals surface area contributed by atoms with Crippen molar-refractivity contribution in [1.82, 2.24) is 15.5 Å². The first-order valence-electron chi connectivity index (χ1n) is 6.71. The molecule has 1 heterocycles. The Kier molecular flexibility index (Phi) is 5.92. The van der Waals surface area contributed by atoms with Crippen LogP contribution >= 0.6 is 0 Å². The molecule has 1 saturated heterocycles. The molecule has 1 aliphatic rings. The molecule has 1 amide bonds. The highest BCUT2D eigenvalue weighted by atomic mass is 16.2. The molecule has 100 valence electrons. The van der Waals surface area contributed by atoms with E-state index in [4.69, 9.17) is 0 Å². The average Bonchev–Trinajstić information content (AvgIpc) is 2.74. The van der Waals surface area contributed by atoms with E-state index in [-0.39, 0.29) is 11.9 Å². The molecule has 2 N–H and O–H groups in total. The van der Waals surface area contributed by atoms with Gasteiger partial charge in [0, 0.05) is 13.1 Å². The number of hydrogen-bond acceptors (Lipinski definition) is 3. The lowest BCUT2D eigenvalue weighted by Gasteiger charge is -2.24. The van der Waals surface area contributed by atoms with Gasteiger partial charge in [-0.15, -0.1) is 0 Å². The molecule has 0 spiro atoms. The molecule has 0 aromatic carbocycles. The lowest BCUT2D eigenvalue weighted by atomic mass is 10.1. The van der Waals surface area contributed by atoms with Gasteiger partial charge in [0.25, 0.3) is 0 Å². The molecule has 1 aliphatic heterocycles. The van der Waals surface area contributed by atoms with Crippen LogP contribution in [0.15, 0.2) is 0 Å². The summed E-state index contributed by atoms with van der Waals surface area (Å²) in [6, 6.07) is 0.00982. The molecular weight excluding hydrogens is 214 g/mol. The van der Waals surface area contributed by atoms with Crippen LogP contribution in [0.2, 0.25) is 0 Å². The fraction of sp³-hybridized carbons (Fsp3) is 0.923. The molecule has 0 aromatic rings. The van der Waals surface area contributed by atoms with Gasteiger partial charge in [-0.3, -0.25) is 9.69 Å². The number of carbonyl (C=O) groups is 1. The van der Waals surface area contributed by atoms with E-state index in [1.54, 1.807) is 0 Å². The summed E-state index contributed by atoms with van der Waals surface area (Å²) in [7, 11) is 1.99. The minimum Gasteiger partial charge on any atom is -0.354 e. The predicted octanol–water partition coefficient (Wildman–Crippen LogP) is 0.688. The number of carbonyl (C=O) groups excluding carboxylic acids is 1. The highest BCUT2D eigenvalue weighted by Gasteiger charge is 2.28. The quantitative estimate of drug-likeness (QED) is 0.719. The summed E-state index contributed by atoms with van der Waals surface area (Å²) in [5.74, 6) is 1.38. The summed E-state index contributed by atoms with van der Waals surface area (Å²) >= 11 is 0. The van der Waals surface area contributed by atoms with Crippen LogP contribution in [-0.4, -0.2) is 50.1 Å². The van der Waals surface area contributed by atoms with Gasteiger partial charge in [-0.2, -0.15) is 0 Å². The molecular formula is C13H27N3O. The van der Waals surface area contributed by atoms with Crippen LogP contribution in [0.5, 0.6) is 0 Å². The van der Waals surface area contributed by atoms with Crippen LogP contribution in [0.3, 0.4) is 0 Å². The Morgan fingerprint density at radius 2 is 2.12 bits per heavy atom. The first-order chi connectivity index (χ1) is 8.04. The van der Waals surface area contributed by atoms with Crippen LogP contribution in [0.4, 0.5) is 0 Å². The van der Waals surface area contributed by atoms with Gasteiger partial charge in [-0.1, -0.05) is 13.8 Å². The molecule has 4 nitrogen and oxygen atoms in total. The maximum atomic E-state index is 11.9. The molecule has 2 unspecified atom stereocenters. The highest BCUT2D eigenvalue weighted by Crippen LogP contribution is 2.17. The van der Waals surface area contributed by atoms with Gasteiger partial charge >= 0.3 is 0 Å². The van der Waals surface area contributed by atoms with Gasteiger partial charge in [0.15, 0.2) is 0 Å². The summed E-state index contributed by atoms with van der Waals surface area (Å²) in [6.07, 6.45) is 1.20. The van der Waals surface area contributed by atoms with Crippen molar-refractivity contribution in [2.75, 3.05) is 33.2 Å². The zero-order chi connectivity index (χ0) is 12.8. The molecule has 0 bridgehead atoms. The lowest BCUT2D eigenvalue weighted by molar-refractivity contribution is -0.125.